The predicted molar refractivity (Wildman–Crippen MR) is 92.9 cm³/mol. The minimum absolute atomic E-state index is 0.204. The van der Waals surface area contributed by atoms with Crippen LogP contribution in [0.4, 0.5) is 0 Å². The molecule has 2 aromatic rings. The van der Waals surface area contributed by atoms with E-state index in [-0.39, 0.29) is 11.5 Å². The number of hydrogen-bond donors (Lipinski definition) is 0. The van der Waals surface area contributed by atoms with Gasteiger partial charge in [-0.3, -0.25) is 4.79 Å². The molecule has 1 aliphatic rings. The van der Waals surface area contributed by atoms with Crippen LogP contribution in [-0.2, 0) is 9.53 Å². The Labute approximate surface area is 149 Å². The van der Waals surface area contributed by atoms with Crippen LogP contribution in [0.3, 0.4) is 0 Å². The summed E-state index contributed by atoms with van der Waals surface area (Å²) in [7, 11) is 1.29. The van der Waals surface area contributed by atoms with Gasteiger partial charge < -0.3 is 14.2 Å². The van der Waals surface area contributed by atoms with E-state index in [1.165, 1.54) is 7.11 Å². The van der Waals surface area contributed by atoms with E-state index < -0.39 is 12.1 Å². The fourth-order valence-corrected chi connectivity index (χ4v) is 2.61. The van der Waals surface area contributed by atoms with E-state index in [9.17, 15) is 9.59 Å². The Morgan fingerprint density at radius 2 is 2.04 bits per heavy atom. The first kappa shape index (κ1) is 17.0. The van der Waals surface area contributed by atoms with Crippen LogP contribution in [0.2, 0.25) is 5.02 Å². The van der Waals surface area contributed by atoms with Crippen LogP contribution < -0.4 is 9.47 Å². The van der Waals surface area contributed by atoms with Crippen molar-refractivity contribution in [1.82, 2.24) is 0 Å². The lowest BCUT2D eigenvalue weighted by Gasteiger charge is -2.12. The van der Waals surface area contributed by atoms with Crippen molar-refractivity contribution in [2.45, 2.75) is 13.0 Å². The van der Waals surface area contributed by atoms with Crippen molar-refractivity contribution < 1.29 is 23.8 Å². The van der Waals surface area contributed by atoms with Crippen LogP contribution >= 0.6 is 11.6 Å². The van der Waals surface area contributed by atoms with E-state index in [0.29, 0.717) is 22.1 Å². The zero-order valence-electron chi connectivity index (χ0n) is 13.6. The average Bonchev–Trinajstić information content (AvgIpc) is 2.89. The molecule has 1 aliphatic heterocycles. The summed E-state index contributed by atoms with van der Waals surface area (Å²) in [5.74, 6) is 0.290. The standard InChI is InChI=1S/C19H15ClO5/c1-11(19(22)23-2)24-14-6-7-15-16(10-14)25-17(18(15)21)9-12-4-3-5-13(20)8-12/h3-11H,1-2H3/b17-9+/t11-/m0/s1. The summed E-state index contributed by atoms with van der Waals surface area (Å²) in [5, 5.41) is 0.574. The third-order valence-electron chi connectivity index (χ3n) is 3.63. The van der Waals surface area contributed by atoms with Crippen LogP contribution in [-0.4, -0.2) is 25.0 Å². The number of halogens is 1. The molecule has 1 heterocycles. The van der Waals surface area contributed by atoms with E-state index in [0.717, 1.165) is 5.56 Å². The zero-order valence-corrected chi connectivity index (χ0v) is 14.4. The van der Waals surface area contributed by atoms with Crippen LogP contribution in [0, 0.1) is 0 Å². The van der Waals surface area contributed by atoms with E-state index in [1.54, 1.807) is 49.4 Å². The van der Waals surface area contributed by atoms with Crippen LogP contribution in [0.15, 0.2) is 48.2 Å². The van der Waals surface area contributed by atoms with Gasteiger partial charge in [0.2, 0.25) is 5.78 Å². The van der Waals surface area contributed by atoms with Gasteiger partial charge in [-0.15, -0.1) is 0 Å². The summed E-state index contributed by atoms with van der Waals surface area (Å²) in [4.78, 5) is 23.9. The van der Waals surface area contributed by atoms with Gasteiger partial charge in [-0.25, -0.2) is 4.79 Å². The molecule has 0 aliphatic carbocycles. The highest BCUT2D eigenvalue weighted by Crippen LogP contribution is 2.35. The maximum absolute atomic E-state index is 12.4. The number of allylic oxidation sites excluding steroid dienone is 1. The van der Waals surface area contributed by atoms with Crippen molar-refractivity contribution >= 4 is 29.4 Å². The first-order chi connectivity index (χ1) is 12.0. The molecule has 0 saturated heterocycles. The number of Topliss-reactive ketones (excluding diaryl/α,β-unsaturated/α-hetero) is 1. The SMILES string of the molecule is COC(=O)[C@H](C)Oc1ccc2c(c1)O/C(=C/c1cccc(Cl)c1)C2=O. The molecule has 25 heavy (non-hydrogen) atoms. The Hall–Kier alpha value is -2.79. The highest BCUT2D eigenvalue weighted by atomic mass is 35.5. The number of esters is 1. The zero-order chi connectivity index (χ0) is 18.0. The van der Waals surface area contributed by atoms with Gasteiger partial charge in [0.25, 0.3) is 0 Å². The summed E-state index contributed by atoms with van der Waals surface area (Å²) < 4.78 is 15.8. The van der Waals surface area contributed by atoms with Gasteiger partial charge in [-0.05, 0) is 42.8 Å². The summed E-state index contributed by atoms with van der Waals surface area (Å²) in [6, 6.07) is 11.9. The van der Waals surface area contributed by atoms with Gasteiger partial charge >= 0.3 is 5.97 Å². The molecule has 6 heteroatoms. The molecular weight excluding hydrogens is 344 g/mol. The van der Waals surface area contributed by atoms with Crippen molar-refractivity contribution in [2.24, 2.45) is 0 Å². The first-order valence-electron chi connectivity index (χ1n) is 7.56. The maximum Gasteiger partial charge on any atom is 0.346 e. The van der Waals surface area contributed by atoms with E-state index >= 15 is 0 Å². The molecule has 5 nitrogen and oxygen atoms in total. The molecule has 0 N–H and O–H groups in total. The first-order valence-corrected chi connectivity index (χ1v) is 7.94. The molecule has 0 saturated carbocycles. The number of ether oxygens (including phenoxy) is 3. The van der Waals surface area contributed by atoms with Crippen LogP contribution in [0.5, 0.6) is 11.5 Å². The number of methoxy groups -OCH3 is 1. The number of carbonyl (C=O) groups is 2. The highest BCUT2D eigenvalue weighted by Gasteiger charge is 2.28. The quantitative estimate of drug-likeness (QED) is 0.612. The van der Waals surface area contributed by atoms with Gasteiger partial charge in [0, 0.05) is 11.1 Å². The Balaban J connectivity index is 1.83. The molecule has 128 valence electrons. The van der Waals surface area contributed by atoms with Crippen molar-refractivity contribution in [3.63, 3.8) is 0 Å². The number of carbonyl (C=O) groups excluding carboxylic acids is 2. The largest absolute Gasteiger partial charge is 0.479 e. The van der Waals surface area contributed by atoms with Gasteiger partial charge in [-0.1, -0.05) is 23.7 Å². The Bertz CT molecular complexity index is 872. The highest BCUT2D eigenvalue weighted by molar-refractivity contribution is 6.30. The third kappa shape index (κ3) is 3.67. The summed E-state index contributed by atoms with van der Waals surface area (Å²) in [6.07, 6.45) is 0.868. The maximum atomic E-state index is 12.4. The minimum Gasteiger partial charge on any atom is -0.479 e. The third-order valence-corrected chi connectivity index (χ3v) is 3.87. The lowest BCUT2D eigenvalue weighted by molar-refractivity contribution is -0.147. The van der Waals surface area contributed by atoms with Crippen molar-refractivity contribution in [1.29, 1.82) is 0 Å². The van der Waals surface area contributed by atoms with E-state index in [2.05, 4.69) is 4.74 Å². The van der Waals surface area contributed by atoms with E-state index in [4.69, 9.17) is 21.1 Å². The fourth-order valence-electron chi connectivity index (χ4n) is 2.41. The minimum atomic E-state index is -0.762. The van der Waals surface area contributed by atoms with Gasteiger partial charge in [-0.2, -0.15) is 0 Å². The van der Waals surface area contributed by atoms with Crippen LogP contribution in [0.25, 0.3) is 6.08 Å². The van der Waals surface area contributed by atoms with Gasteiger partial charge in [0.1, 0.15) is 11.5 Å². The molecular formula is C19H15ClO5. The topological polar surface area (TPSA) is 61.8 Å². The smallest absolute Gasteiger partial charge is 0.346 e. The second-order valence-electron chi connectivity index (χ2n) is 5.44. The molecule has 2 aromatic carbocycles. The van der Waals surface area contributed by atoms with Crippen molar-refractivity contribution in [2.75, 3.05) is 7.11 Å². The number of rotatable bonds is 4. The molecule has 3 rings (SSSR count). The molecule has 0 bridgehead atoms. The molecule has 0 unspecified atom stereocenters. The summed E-state index contributed by atoms with van der Waals surface area (Å²) in [5.41, 5.74) is 1.20. The van der Waals surface area contributed by atoms with E-state index in [1.807, 2.05) is 6.07 Å². The summed E-state index contributed by atoms with van der Waals surface area (Å²) >= 11 is 5.95. The molecule has 0 radical (unpaired) electrons. The van der Waals surface area contributed by atoms with Crippen molar-refractivity contribution in [3.8, 4) is 11.5 Å². The average molecular weight is 359 g/mol. The molecule has 0 amide bonds. The summed E-state index contributed by atoms with van der Waals surface area (Å²) in [6.45, 7) is 1.58. The lowest BCUT2D eigenvalue weighted by Crippen LogP contribution is -2.24. The fraction of sp³-hybridized carbons (Fsp3) is 0.158. The van der Waals surface area contributed by atoms with Gasteiger partial charge in [0.05, 0.1) is 12.7 Å². The molecule has 0 fully saturated rings. The second-order valence-corrected chi connectivity index (χ2v) is 5.87. The van der Waals surface area contributed by atoms with Gasteiger partial charge in [0.15, 0.2) is 11.9 Å². The second kappa shape index (κ2) is 6.99. The Kier molecular flexibility index (Phi) is 4.76. The monoisotopic (exact) mass is 358 g/mol. The number of benzene rings is 2. The van der Waals surface area contributed by atoms with Crippen molar-refractivity contribution in [3.05, 3.63) is 64.4 Å². The number of ketones is 1. The number of fused-ring (bicyclic) bond motifs is 1. The lowest BCUT2D eigenvalue weighted by atomic mass is 10.1. The Morgan fingerprint density at radius 1 is 1.24 bits per heavy atom. The van der Waals surface area contributed by atoms with Crippen LogP contribution in [0.1, 0.15) is 22.8 Å². The number of hydrogen-bond acceptors (Lipinski definition) is 5. The Morgan fingerprint density at radius 3 is 2.76 bits per heavy atom. The normalized spacial score (nSPS) is 15.5. The molecule has 0 spiro atoms. The molecule has 1 atom stereocenters. The predicted octanol–water partition coefficient (Wildman–Crippen LogP) is 3.90. The molecule has 0 aromatic heterocycles.